The third-order valence-corrected chi connectivity index (χ3v) is 6.33. The lowest BCUT2D eigenvalue weighted by atomic mass is 9.86. The Morgan fingerprint density at radius 3 is 2.62 bits per heavy atom. The van der Waals surface area contributed by atoms with E-state index in [9.17, 15) is 19.4 Å². The minimum Gasteiger partial charge on any atom is -0.493 e. The molecule has 7 nitrogen and oxygen atoms in total. The molecule has 4 N–H and O–H groups in total. The normalized spacial score (nSPS) is 14.5. The van der Waals surface area contributed by atoms with Gasteiger partial charge in [-0.15, -0.1) is 0 Å². The number of hydrogen-bond donors (Lipinski definition) is 3. The van der Waals surface area contributed by atoms with Crippen LogP contribution in [0.2, 0.25) is 0 Å². The zero-order valence-electron chi connectivity index (χ0n) is 20.9. The molecule has 1 aliphatic rings. The maximum absolute atomic E-state index is 13.9. The van der Waals surface area contributed by atoms with Crippen LogP contribution in [0.15, 0.2) is 54.6 Å². The average Bonchev–Trinajstić information content (AvgIpc) is 3.06. The van der Waals surface area contributed by atoms with E-state index in [-0.39, 0.29) is 24.6 Å². The molecule has 0 saturated carbocycles. The van der Waals surface area contributed by atoms with Crippen molar-refractivity contribution in [2.45, 2.75) is 51.2 Å². The van der Waals surface area contributed by atoms with Crippen LogP contribution >= 0.6 is 0 Å². The first-order chi connectivity index (χ1) is 17.8. The third-order valence-electron chi connectivity index (χ3n) is 6.33. The first-order valence-electron chi connectivity index (χ1n) is 12.3. The van der Waals surface area contributed by atoms with Crippen LogP contribution < -0.4 is 10.6 Å². The van der Waals surface area contributed by atoms with E-state index in [2.05, 4.69) is 4.84 Å². The fraction of sp³-hybridized carbons (Fsp3) is 0.310. The number of aliphatic hydroxyl groups excluding tert-OH is 2. The molecule has 37 heavy (non-hydrogen) atoms. The van der Waals surface area contributed by atoms with Gasteiger partial charge in [0.2, 0.25) is 0 Å². The van der Waals surface area contributed by atoms with Gasteiger partial charge in [-0.2, -0.15) is 5.90 Å². The number of pyridine rings is 1. The second kappa shape index (κ2) is 11.6. The van der Waals surface area contributed by atoms with Crippen molar-refractivity contribution in [3.05, 3.63) is 77.2 Å². The Morgan fingerprint density at radius 1 is 1.19 bits per heavy atom. The van der Waals surface area contributed by atoms with Gasteiger partial charge in [0, 0.05) is 24.0 Å². The molecule has 0 fully saturated rings. The van der Waals surface area contributed by atoms with Crippen molar-refractivity contribution in [2.75, 3.05) is 6.61 Å². The van der Waals surface area contributed by atoms with Gasteiger partial charge in [0.05, 0.1) is 36.6 Å². The molecule has 0 saturated heterocycles. The number of fused-ring (bicyclic) bond motifs is 3. The standard InChI is InChI=1S/C29H31FN2O5/c1-17(2)28-23(12-11-20(33)15-21(34)16-26(35)37-31)27(18-7-9-19(30)10-8-18)24-13-14-36-25-6-4-3-5-22(25)29(24)32-28/h3-12,17,20-21,33-34H,13-16,31H2,1-2H3/b12-11+/t20-,21-/m1/s1. The van der Waals surface area contributed by atoms with Crippen molar-refractivity contribution in [1.29, 1.82) is 0 Å². The molecule has 0 spiro atoms. The van der Waals surface area contributed by atoms with Gasteiger partial charge in [0.1, 0.15) is 11.6 Å². The predicted octanol–water partition coefficient (Wildman–Crippen LogP) is 4.55. The molecule has 1 aliphatic heterocycles. The lowest BCUT2D eigenvalue weighted by molar-refractivity contribution is -0.146. The molecule has 1 aromatic heterocycles. The fourth-order valence-electron chi connectivity index (χ4n) is 4.62. The maximum Gasteiger partial charge on any atom is 0.327 e. The van der Waals surface area contributed by atoms with Crippen molar-refractivity contribution < 1.29 is 29.0 Å². The number of ether oxygens (including phenoxy) is 1. The molecule has 4 rings (SSSR count). The van der Waals surface area contributed by atoms with Crippen molar-refractivity contribution in [3.8, 4) is 28.1 Å². The van der Waals surface area contributed by atoms with Gasteiger partial charge < -0.3 is 19.8 Å². The number of nitrogens with two attached hydrogens (primary N) is 1. The Morgan fingerprint density at radius 2 is 1.92 bits per heavy atom. The number of benzene rings is 2. The number of aromatic nitrogens is 1. The van der Waals surface area contributed by atoms with Crippen LogP contribution in [0, 0.1) is 5.82 Å². The summed E-state index contributed by atoms with van der Waals surface area (Å²) in [5.74, 6) is 4.53. The number of aliphatic hydroxyl groups is 2. The molecule has 3 aromatic rings. The Balaban J connectivity index is 1.86. The smallest absolute Gasteiger partial charge is 0.327 e. The number of rotatable bonds is 8. The summed E-state index contributed by atoms with van der Waals surface area (Å²) in [5.41, 5.74) is 6.02. The first-order valence-corrected chi connectivity index (χ1v) is 12.3. The van der Waals surface area contributed by atoms with E-state index in [1.54, 1.807) is 24.3 Å². The largest absolute Gasteiger partial charge is 0.493 e. The Labute approximate surface area is 215 Å². The lowest BCUT2D eigenvalue weighted by Gasteiger charge is -2.21. The van der Waals surface area contributed by atoms with Gasteiger partial charge in [-0.1, -0.05) is 50.3 Å². The number of halogens is 1. The Bertz CT molecular complexity index is 1290. The molecule has 2 aromatic carbocycles. The quantitative estimate of drug-likeness (QED) is 0.384. The first kappa shape index (κ1) is 26.5. The Kier molecular flexibility index (Phi) is 8.33. The highest BCUT2D eigenvalue weighted by molar-refractivity contribution is 5.86. The molecule has 0 bridgehead atoms. The van der Waals surface area contributed by atoms with Crippen LogP contribution in [0.25, 0.3) is 28.5 Å². The minimum absolute atomic E-state index is 0.0301. The van der Waals surface area contributed by atoms with Crippen LogP contribution in [0.3, 0.4) is 0 Å². The van der Waals surface area contributed by atoms with E-state index in [0.29, 0.717) is 13.0 Å². The summed E-state index contributed by atoms with van der Waals surface area (Å²) >= 11 is 0. The number of carbonyl (C=O) groups excluding carboxylic acids is 1. The van der Waals surface area contributed by atoms with E-state index in [1.165, 1.54) is 12.1 Å². The predicted molar refractivity (Wildman–Crippen MR) is 139 cm³/mol. The monoisotopic (exact) mass is 506 g/mol. The number of para-hydroxylation sites is 1. The molecule has 2 atom stereocenters. The van der Waals surface area contributed by atoms with E-state index in [4.69, 9.17) is 15.6 Å². The Hall–Kier alpha value is -3.59. The van der Waals surface area contributed by atoms with E-state index in [1.807, 2.05) is 38.1 Å². The van der Waals surface area contributed by atoms with Crippen LogP contribution in [0.4, 0.5) is 4.39 Å². The van der Waals surface area contributed by atoms with E-state index >= 15 is 0 Å². The number of carbonyl (C=O) groups is 1. The van der Waals surface area contributed by atoms with Gasteiger partial charge in [0.25, 0.3) is 0 Å². The fourth-order valence-corrected chi connectivity index (χ4v) is 4.62. The highest BCUT2D eigenvalue weighted by atomic mass is 19.1. The molecule has 0 amide bonds. The summed E-state index contributed by atoms with van der Waals surface area (Å²) in [4.78, 5) is 20.5. The van der Waals surface area contributed by atoms with Gasteiger partial charge in [-0.3, -0.25) is 9.78 Å². The van der Waals surface area contributed by atoms with Crippen molar-refractivity contribution in [1.82, 2.24) is 4.98 Å². The second-order valence-electron chi connectivity index (χ2n) is 9.38. The summed E-state index contributed by atoms with van der Waals surface area (Å²) in [7, 11) is 0. The van der Waals surface area contributed by atoms with E-state index < -0.39 is 18.2 Å². The van der Waals surface area contributed by atoms with Gasteiger partial charge in [-0.25, -0.2) is 4.39 Å². The lowest BCUT2D eigenvalue weighted by Crippen LogP contribution is -2.22. The molecule has 0 aliphatic carbocycles. The molecule has 0 radical (unpaired) electrons. The SMILES string of the molecule is CC(C)c1nc2c(c(-c3ccc(F)cc3)c1/C=C/[C@@H](O)C[C@@H](O)CC(=O)ON)CCOc1ccccc1-2. The topological polar surface area (TPSA) is 115 Å². The zero-order valence-corrected chi connectivity index (χ0v) is 20.9. The molecule has 0 unspecified atom stereocenters. The van der Waals surface area contributed by atoms with Crippen molar-refractivity contribution >= 4 is 12.0 Å². The maximum atomic E-state index is 13.9. The average molecular weight is 507 g/mol. The summed E-state index contributed by atoms with van der Waals surface area (Å²) in [5, 5.41) is 20.7. The van der Waals surface area contributed by atoms with Crippen molar-refractivity contribution in [3.63, 3.8) is 0 Å². The second-order valence-corrected chi connectivity index (χ2v) is 9.38. The third kappa shape index (κ3) is 6.05. The number of nitrogens with zero attached hydrogens (tertiary/aromatic N) is 1. The molecule has 194 valence electrons. The van der Waals surface area contributed by atoms with Gasteiger partial charge in [0.15, 0.2) is 0 Å². The molecule has 2 heterocycles. The van der Waals surface area contributed by atoms with Crippen LogP contribution in [0.5, 0.6) is 5.75 Å². The van der Waals surface area contributed by atoms with E-state index in [0.717, 1.165) is 45.0 Å². The highest BCUT2D eigenvalue weighted by Crippen LogP contribution is 2.42. The summed E-state index contributed by atoms with van der Waals surface area (Å²) in [6.45, 7) is 4.53. The summed E-state index contributed by atoms with van der Waals surface area (Å²) in [6.07, 6.45) is 1.40. The van der Waals surface area contributed by atoms with Crippen LogP contribution in [-0.4, -0.2) is 40.0 Å². The molecular weight excluding hydrogens is 475 g/mol. The van der Waals surface area contributed by atoms with Crippen LogP contribution in [-0.2, 0) is 16.1 Å². The number of hydrogen-bond acceptors (Lipinski definition) is 7. The highest BCUT2D eigenvalue weighted by Gasteiger charge is 2.26. The van der Waals surface area contributed by atoms with Crippen molar-refractivity contribution in [2.24, 2.45) is 5.90 Å². The van der Waals surface area contributed by atoms with Gasteiger partial charge >= 0.3 is 5.97 Å². The summed E-state index contributed by atoms with van der Waals surface area (Å²) in [6, 6.07) is 14.1. The molecular formula is C29H31FN2O5. The zero-order chi connectivity index (χ0) is 26.5. The van der Waals surface area contributed by atoms with Crippen LogP contribution in [0.1, 0.15) is 49.4 Å². The molecule has 8 heteroatoms. The van der Waals surface area contributed by atoms with Gasteiger partial charge in [-0.05, 0) is 46.9 Å². The minimum atomic E-state index is -1.12. The summed E-state index contributed by atoms with van der Waals surface area (Å²) < 4.78 is 19.9.